The Bertz CT molecular complexity index is 953. The Kier molecular flexibility index (Phi) is 8.04. The van der Waals surface area contributed by atoms with E-state index in [-0.39, 0.29) is 11.6 Å². The van der Waals surface area contributed by atoms with E-state index in [0.717, 1.165) is 11.1 Å². The Balaban J connectivity index is 2.31. The van der Waals surface area contributed by atoms with Crippen molar-refractivity contribution >= 4 is 5.90 Å². The maximum atomic E-state index is 9.97. The molecule has 0 saturated heterocycles. The van der Waals surface area contributed by atoms with E-state index in [9.17, 15) is 5.11 Å². The molecule has 0 amide bonds. The van der Waals surface area contributed by atoms with E-state index in [1.807, 2.05) is 62.4 Å². The first kappa shape index (κ1) is 21.8. The molecule has 4 nitrogen and oxygen atoms in total. The topological polar surface area (TPSA) is 51.0 Å². The van der Waals surface area contributed by atoms with Crippen LogP contribution in [0, 0.1) is 0 Å². The van der Waals surface area contributed by atoms with Gasteiger partial charge in [0.15, 0.2) is 0 Å². The molecule has 0 aromatic heterocycles. The second kappa shape index (κ2) is 10.7. The molecule has 0 fully saturated rings. The second-order valence-corrected chi connectivity index (χ2v) is 6.38. The molecule has 0 saturated carbocycles. The lowest BCUT2D eigenvalue weighted by Crippen LogP contribution is -2.08. The van der Waals surface area contributed by atoms with Gasteiger partial charge in [-0.05, 0) is 48.8 Å². The van der Waals surface area contributed by atoms with Crippen molar-refractivity contribution in [2.45, 2.75) is 20.5 Å². The zero-order valence-corrected chi connectivity index (χ0v) is 17.2. The number of hydrogen-bond acceptors (Lipinski definition) is 4. The molecule has 29 heavy (non-hydrogen) atoms. The molecule has 0 unspecified atom stereocenters. The molecule has 0 aliphatic rings. The Hall–Kier alpha value is -3.53. The fourth-order valence-electron chi connectivity index (χ4n) is 2.52. The molecular formula is C25H27NO3. The van der Waals surface area contributed by atoms with Gasteiger partial charge in [0.2, 0.25) is 5.90 Å². The summed E-state index contributed by atoms with van der Waals surface area (Å²) < 4.78 is 11.4. The number of hydrogen-bond donors (Lipinski definition) is 1. The number of rotatable bonds is 8. The molecule has 2 rings (SSSR count). The van der Waals surface area contributed by atoms with Gasteiger partial charge in [-0.25, -0.2) is 4.99 Å². The SMILES string of the molecule is C=C(N=C(OC)c1cc(O)ccc1OCc1ccccc1)C(=C)/C(C)=C\C=C/C. The molecule has 1 N–H and O–H groups in total. The van der Waals surface area contributed by atoms with Crippen molar-refractivity contribution in [2.24, 2.45) is 4.99 Å². The van der Waals surface area contributed by atoms with Gasteiger partial charge >= 0.3 is 0 Å². The van der Waals surface area contributed by atoms with Gasteiger partial charge in [-0.3, -0.25) is 0 Å². The molecular weight excluding hydrogens is 362 g/mol. The first-order valence-electron chi connectivity index (χ1n) is 9.27. The van der Waals surface area contributed by atoms with E-state index < -0.39 is 0 Å². The third-order valence-corrected chi connectivity index (χ3v) is 4.22. The Morgan fingerprint density at radius 3 is 2.52 bits per heavy atom. The van der Waals surface area contributed by atoms with Crippen LogP contribution in [-0.2, 0) is 11.3 Å². The van der Waals surface area contributed by atoms with Crippen molar-refractivity contribution in [2.75, 3.05) is 7.11 Å². The highest BCUT2D eigenvalue weighted by Gasteiger charge is 2.14. The Morgan fingerprint density at radius 1 is 1.14 bits per heavy atom. The van der Waals surface area contributed by atoms with Crippen LogP contribution in [0.2, 0.25) is 0 Å². The minimum atomic E-state index is 0.0883. The molecule has 0 radical (unpaired) electrons. The number of nitrogens with zero attached hydrogens (tertiary/aromatic N) is 1. The van der Waals surface area contributed by atoms with Crippen LogP contribution in [0.15, 0.2) is 102 Å². The summed E-state index contributed by atoms with van der Waals surface area (Å²) in [6, 6.07) is 14.6. The Morgan fingerprint density at radius 2 is 1.86 bits per heavy atom. The van der Waals surface area contributed by atoms with Crippen LogP contribution in [0.1, 0.15) is 25.0 Å². The monoisotopic (exact) mass is 389 g/mol. The highest BCUT2D eigenvalue weighted by Crippen LogP contribution is 2.27. The quantitative estimate of drug-likeness (QED) is 0.344. The standard InChI is InChI=1S/C25H27NO3/c1-6-7-11-18(2)19(3)20(4)26-25(28-5)23-16-22(27)14-15-24(23)29-17-21-12-9-8-10-13-21/h6-16,27H,3-4,17H2,1-2,5H3/b7-6-,18-11-,26-25?. The molecule has 2 aromatic carbocycles. The predicted molar refractivity (Wildman–Crippen MR) is 119 cm³/mol. The third-order valence-electron chi connectivity index (χ3n) is 4.22. The van der Waals surface area contributed by atoms with Gasteiger partial charge in [0.05, 0.1) is 18.4 Å². The molecule has 0 bridgehead atoms. The number of methoxy groups -OCH3 is 1. The van der Waals surface area contributed by atoms with E-state index in [1.165, 1.54) is 7.11 Å². The summed E-state index contributed by atoms with van der Waals surface area (Å²) in [6.07, 6.45) is 5.81. The van der Waals surface area contributed by atoms with E-state index in [1.54, 1.807) is 18.2 Å². The molecule has 0 heterocycles. The second-order valence-electron chi connectivity index (χ2n) is 6.38. The summed E-state index contributed by atoms with van der Waals surface area (Å²) in [5.41, 5.74) is 3.68. The van der Waals surface area contributed by atoms with Crippen LogP contribution >= 0.6 is 0 Å². The summed E-state index contributed by atoms with van der Waals surface area (Å²) in [5.74, 6) is 0.922. The highest BCUT2D eigenvalue weighted by molar-refractivity contribution is 5.98. The highest BCUT2D eigenvalue weighted by atomic mass is 16.5. The fraction of sp³-hybridized carbons (Fsp3) is 0.160. The van der Waals surface area contributed by atoms with Crippen LogP contribution in [-0.4, -0.2) is 18.1 Å². The van der Waals surface area contributed by atoms with Crippen molar-refractivity contribution in [1.29, 1.82) is 0 Å². The van der Waals surface area contributed by atoms with Gasteiger partial charge in [-0.1, -0.05) is 61.7 Å². The predicted octanol–water partition coefficient (Wildman–Crippen LogP) is 5.96. The normalized spacial score (nSPS) is 12.1. The molecule has 0 aliphatic heterocycles. The van der Waals surface area contributed by atoms with Crippen molar-refractivity contribution in [3.05, 3.63) is 108 Å². The van der Waals surface area contributed by atoms with Gasteiger partial charge in [0, 0.05) is 0 Å². The minimum Gasteiger partial charge on any atom is -0.508 e. The lowest BCUT2D eigenvalue weighted by molar-refractivity contribution is 0.302. The van der Waals surface area contributed by atoms with Crippen LogP contribution in [0.4, 0.5) is 0 Å². The first-order chi connectivity index (χ1) is 14.0. The number of aromatic hydroxyl groups is 1. The lowest BCUT2D eigenvalue weighted by Gasteiger charge is -2.14. The van der Waals surface area contributed by atoms with Gasteiger partial charge in [-0.2, -0.15) is 0 Å². The van der Waals surface area contributed by atoms with Crippen LogP contribution in [0.3, 0.4) is 0 Å². The van der Waals surface area contributed by atoms with Gasteiger partial charge < -0.3 is 14.6 Å². The van der Waals surface area contributed by atoms with E-state index in [0.29, 0.717) is 29.2 Å². The maximum Gasteiger partial charge on any atom is 0.224 e. The van der Waals surface area contributed by atoms with Crippen molar-refractivity contribution in [1.82, 2.24) is 0 Å². The molecule has 0 aliphatic carbocycles. The fourth-order valence-corrected chi connectivity index (χ4v) is 2.52. The zero-order chi connectivity index (χ0) is 21.2. The molecule has 2 aromatic rings. The van der Waals surface area contributed by atoms with Gasteiger partial charge in [-0.15, -0.1) is 0 Å². The minimum absolute atomic E-state index is 0.0883. The van der Waals surface area contributed by atoms with Crippen LogP contribution in [0.5, 0.6) is 11.5 Å². The van der Waals surface area contributed by atoms with E-state index in [2.05, 4.69) is 18.2 Å². The van der Waals surface area contributed by atoms with Crippen molar-refractivity contribution in [3.63, 3.8) is 0 Å². The van der Waals surface area contributed by atoms with E-state index >= 15 is 0 Å². The largest absolute Gasteiger partial charge is 0.508 e. The molecule has 4 heteroatoms. The number of ether oxygens (including phenoxy) is 2. The molecule has 0 spiro atoms. The van der Waals surface area contributed by atoms with Crippen LogP contribution < -0.4 is 4.74 Å². The first-order valence-corrected chi connectivity index (χ1v) is 9.27. The van der Waals surface area contributed by atoms with Crippen molar-refractivity contribution < 1.29 is 14.6 Å². The average Bonchev–Trinajstić information content (AvgIpc) is 2.74. The summed E-state index contributed by atoms with van der Waals surface area (Å²) in [5, 5.41) is 9.97. The van der Waals surface area contributed by atoms with Crippen molar-refractivity contribution in [3.8, 4) is 11.5 Å². The molecule has 0 atom stereocenters. The average molecular weight is 389 g/mol. The molecule has 150 valence electrons. The lowest BCUT2D eigenvalue weighted by atomic mass is 10.1. The maximum absolute atomic E-state index is 9.97. The van der Waals surface area contributed by atoms with Crippen LogP contribution in [0.25, 0.3) is 0 Å². The summed E-state index contributed by atoms with van der Waals surface area (Å²) in [4.78, 5) is 4.50. The number of benzene rings is 2. The smallest absolute Gasteiger partial charge is 0.224 e. The zero-order valence-electron chi connectivity index (χ0n) is 17.2. The Labute approximate surface area is 172 Å². The summed E-state index contributed by atoms with van der Waals surface area (Å²) in [7, 11) is 1.52. The summed E-state index contributed by atoms with van der Waals surface area (Å²) in [6.45, 7) is 12.3. The number of phenols is 1. The van der Waals surface area contributed by atoms with E-state index in [4.69, 9.17) is 9.47 Å². The summed E-state index contributed by atoms with van der Waals surface area (Å²) >= 11 is 0. The van der Waals surface area contributed by atoms with Gasteiger partial charge in [0.25, 0.3) is 0 Å². The number of allylic oxidation sites excluding steroid dienone is 4. The number of phenolic OH excluding ortho intramolecular Hbond substituents is 1. The number of aliphatic imine (C=N–C) groups is 1. The third kappa shape index (κ3) is 6.25. The van der Waals surface area contributed by atoms with Gasteiger partial charge in [0.1, 0.15) is 18.1 Å².